The Morgan fingerprint density at radius 3 is 2.28 bits per heavy atom. The van der Waals surface area contributed by atoms with E-state index >= 15 is 0 Å². The van der Waals surface area contributed by atoms with E-state index in [1.54, 1.807) is 12.8 Å². The molecule has 3 saturated carbocycles. The van der Waals surface area contributed by atoms with Gasteiger partial charge in [-0.25, -0.2) is 0 Å². The lowest BCUT2D eigenvalue weighted by Crippen LogP contribution is -2.52. The van der Waals surface area contributed by atoms with E-state index in [-0.39, 0.29) is 0 Å². The molecule has 0 aliphatic heterocycles. The Morgan fingerprint density at radius 2 is 1.62 bits per heavy atom. The van der Waals surface area contributed by atoms with E-state index < -0.39 is 0 Å². The van der Waals surface area contributed by atoms with Gasteiger partial charge in [-0.2, -0.15) is 0 Å². The van der Waals surface area contributed by atoms with Crippen LogP contribution in [0.15, 0.2) is 0 Å². The first-order valence-corrected chi connectivity index (χ1v) is 15.9. The van der Waals surface area contributed by atoms with Crippen molar-refractivity contribution >= 4 is 45.2 Å². The third-order valence-electron chi connectivity index (χ3n) is 10.4. The molecule has 0 nitrogen and oxygen atoms in total. The van der Waals surface area contributed by atoms with Gasteiger partial charge in [0, 0.05) is 4.43 Å². The van der Waals surface area contributed by atoms with Gasteiger partial charge in [-0.1, -0.05) is 99.1 Å². The Kier molecular flexibility index (Phi) is 9.17. The molecule has 8 atom stereocenters. The smallest absolute Gasteiger partial charge is 0.0000661 e. The van der Waals surface area contributed by atoms with Crippen molar-refractivity contribution in [2.24, 2.45) is 52.3 Å². The molecule has 0 aromatic rings. The van der Waals surface area contributed by atoms with Crippen LogP contribution in [0, 0.1) is 52.3 Å². The molecule has 3 aliphatic carbocycles. The van der Waals surface area contributed by atoms with Crippen LogP contribution in [0.2, 0.25) is 0 Å². The average molecular weight is 626 g/mol. The van der Waals surface area contributed by atoms with Gasteiger partial charge in [0.15, 0.2) is 0 Å². The number of hydrogen-bond acceptors (Lipinski definition) is 0. The Hall–Kier alpha value is 1.46. The number of rotatable bonds is 9. The van der Waals surface area contributed by atoms with Crippen LogP contribution in [0.25, 0.3) is 0 Å². The molecule has 0 amide bonds. The van der Waals surface area contributed by atoms with E-state index in [1.807, 2.05) is 0 Å². The average Bonchev–Trinajstić information content (AvgIpc) is 3.01. The number of hydrogen-bond donors (Lipinski definition) is 0. The quantitative estimate of drug-likeness (QED) is 0.177. The first kappa shape index (κ1) is 25.1. The molecule has 0 saturated heterocycles. The topological polar surface area (TPSA) is 0 Å². The highest BCUT2D eigenvalue weighted by atomic mass is 127. The summed E-state index contributed by atoms with van der Waals surface area (Å²) in [6, 6.07) is 0. The molecule has 0 heterocycles. The van der Waals surface area contributed by atoms with Gasteiger partial charge >= 0.3 is 0 Å². The zero-order valence-electron chi connectivity index (χ0n) is 20.0. The van der Waals surface area contributed by atoms with Crippen molar-refractivity contribution in [2.45, 2.75) is 105 Å². The summed E-state index contributed by atoms with van der Waals surface area (Å²) in [5, 5.41) is 0. The van der Waals surface area contributed by atoms with Crippen LogP contribution in [-0.2, 0) is 0 Å². The fourth-order valence-electron chi connectivity index (χ4n) is 8.76. The van der Waals surface area contributed by atoms with Gasteiger partial charge in [0.2, 0.25) is 0 Å². The molecule has 8 unspecified atom stereocenters. The standard InChI is InChI=1S/C27H48I2/c1-19(2)7-6-8-20(3)23-11-12-24-22-10-9-21(14-17-28)26(4,16-18-29)25(22)13-15-27(23,24)5/h19-25H,6-18H2,1-5H3. The summed E-state index contributed by atoms with van der Waals surface area (Å²) in [7, 11) is 0. The number of fused-ring (bicyclic) bond motifs is 3. The Balaban J connectivity index is 1.73. The lowest BCUT2D eigenvalue weighted by Gasteiger charge is -2.59. The lowest BCUT2D eigenvalue weighted by molar-refractivity contribution is -0.101. The molecule has 2 heteroatoms. The Labute approximate surface area is 210 Å². The van der Waals surface area contributed by atoms with Gasteiger partial charge < -0.3 is 0 Å². The van der Waals surface area contributed by atoms with Gasteiger partial charge in [-0.05, 0) is 108 Å². The minimum absolute atomic E-state index is 0.623. The van der Waals surface area contributed by atoms with E-state index in [2.05, 4.69) is 79.8 Å². The molecule has 3 fully saturated rings. The van der Waals surface area contributed by atoms with Crippen LogP contribution in [0.5, 0.6) is 0 Å². The molecule has 0 radical (unpaired) electrons. The van der Waals surface area contributed by atoms with Crippen LogP contribution < -0.4 is 0 Å². The second kappa shape index (κ2) is 10.6. The van der Waals surface area contributed by atoms with Crippen LogP contribution in [0.1, 0.15) is 105 Å². The third kappa shape index (κ3) is 5.03. The molecule has 0 aromatic heterocycles. The van der Waals surface area contributed by atoms with E-state index in [4.69, 9.17) is 0 Å². The normalized spacial score (nSPS) is 43.2. The van der Waals surface area contributed by atoms with Crippen LogP contribution in [0.4, 0.5) is 0 Å². The van der Waals surface area contributed by atoms with Crippen molar-refractivity contribution in [3.8, 4) is 0 Å². The zero-order chi connectivity index (χ0) is 21.2. The fourth-order valence-corrected chi connectivity index (χ4v) is 10.7. The lowest BCUT2D eigenvalue weighted by atomic mass is 9.46. The molecule has 0 N–H and O–H groups in total. The molecular formula is C27H48I2. The highest BCUT2D eigenvalue weighted by Crippen LogP contribution is 2.67. The monoisotopic (exact) mass is 626 g/mol. The summed E-state index contributed by atoms with van der Waals surface area (Å²) in [5.74, 6) is 6.91. The predicted molar refractivity (Wildman–Crippen MR) is 146 cm³/mol. The van der Waals surface area contributed by atoms with Crippen molar-refractivity contribution in [3.05, 3.63) is 0 Å². The van der Waals surface area contributed by atoms with Gasteiger partial charge in [-0.3, -0.25) is 0 Å². The highest BCUT2D eigenvalue weighted by molar-refractivity contribution is 14.1. The summed E-state index contributed by atoms with van der Waals surface area (Å²) in [4.78, 5) is 0. The molecule has 170 valence electrons. The summed E-state index contributed by atoms with van der Waals surface area (Å²) in [6.07, 6.45) is 16.5. The summed E-state index contributed by atoms with van der Waals surface area (Å²) in [5.41, 5.74) is 1.28. The maximum atomic E-state index is 2.75. The van der Waals surface area contributed by atoms with Gasteiger partial charge in [-0.15, -0.1) is 0 Å². The van der Waals surface area contributed by atoms with E-state index in [1.165, 1.54) is 66.6 Å². The van der Waals surface area contributed by atoms with Crippen molar-refractivity contribution < 1.29 is 0 Å². The minimum Gasteiger partial charge on any atom is -0.0864 e. The second-order valence-corrected chi connectivity index (χ2v) is 14.3. The molecule has 3 aliphatic rings. The van der Waals surface area contributed by atoms with Crippen LogP contribution >= 0.6 is 45.2 Å². The second-order valence-electron chi connectivity index (χ2n) is 12.1. The summed E-state index contributed by atoms with van der Waals surface area (Å²) < 4.78 is 2.71. The molecular weight excluding hydrogens is 578 g/mol. The van der Waals surface area contributed by atoms with Gasteiger partial charge in [0.05, 0.1) is 0 Å². The molecule has 29 heavy (non-hydrogen) atoms. The largest absolute Gasteiger partial charge is 0.0864 e. The Bertz CT molecular complexity index is 517. The SMILES string of the molecule is CC(C)CCCC(C)C1CCC2C3CCC(CCI)C(C)(CCI)C3CCC12C. The first-order valence-electron chi connectivity index (χ1n) is 12.9. The zero-order valence-corrected chi connectivity index (χ0v) is 24.3. The summed E-state index contributed by atoms with van der Waals surface area (Å²) in [6.45, 7) is 12.9. The number of halogens is 2. The Morgan fingerprint density at radius 1 is 0.862 bits per heavy atom. The predicted octanol–water partition coefficient (Wildman–Crippen LogP) is 9.57. The maximum Gasteiger partial charge on any atom is 0.0000661 e. The van der Waals surface area contributed by atoms with E-state index in [0.717, 1.165) is 41.4 Å². The first-order chi connectivity index (χ1) is 13.8. The molecule has 0 aromatic carbocycles. The number of alkyl halides is 2. The van der Waals surface area contributed by atoms with E-state index in [0.29, 0.717) is 10.8 Å². The van der Waals surface area contributed by atoms with E-state index in [9.17, 15) is 0 Å². The van der Waals surface area contributed by atoms with Gasteiger partial charge in [0.1, 0.15) is 0 Å². The maximum absolute atomic E-state index is 2.75. The van der Waals surface area contributed by atoms with Gasteiger partial charge in [0.25, 0.3) is 0 Å². The van der Waals surface area contributed by atoms with Crippen LogP contribution in [-0.4, -0.2) is 8.86 Å². The fraction of sp³-hybridized carbons (Fsp3) is 1.00. The minimum atomic E-state index is 0.623. The molecule has 0 bridgehead atoms. The highest BCUT2D eigenvalue weighted by Gasteiger charge is 2.59. The summed E-state index contributed by atoms with van der Waals surface area (Å²) >= 11 is 5.29. The van der Waals surface area contributed by atoms with Crippen LogP contribution in [0.3, 0.4) is 0 Å². The third-order valence-corrected chi connectivity index (χ3v) is 11.5. The van der Waals surface area contributed by atoms with Crippen molar-refractivity contribution in [3.63, 3.8) is 0 Å². The van der Waals surface area contributed by atoms with Crippen molar-refractivity contribution in [1.82, 2.24) is 0 Å². The van der Waals surface area contributed by atoms with Crippen molar-refractivity contribution in [2.75, 3.05) is 8.86 Å². The molecule has 0 spiro atoms. The van der Waals surface area contributed by atoms with Crippen molar-refractivity contribution in [1.29, 1.82) is 0 Å². The molecule has 3 rings (SSSR count).